The Labute approximate surface area is 144 Å². The van der Waals surface area contributed by atoms with E-state index in [9.17, 15) is 9.59 Å². The van der Waals surface area contributed by atoms with Gasteiger partial charge in [0, 0.05) is 11.8 Å². The molecule has 0 fully saturated rings. The molecule has 0 unspecified atom stereocenters. The van der Waals surface area contributed by atoms with Crippen LogP contribution < -0.4 is 19.5 Å². The minimum atomic E-state index is -0.765. The van der Waals surface area contributed by atoms with Gasteiger partial charge in [-0.3, -0.25) is 4.79 Å². The van der Waals surface area contributed by atoms with E-state index in [1.165, 1.54) is 13.2 Å². The Kier molecular flexibility index (Phi) is 4.74. The van der Waals surface area contributed by atoms with E-state index in [4.69, 9.17) is 14.2 Å². The summed E-state index contributed by atoms with van der Waals surface area (Å²) in [6, 6.07) is 11.6. The number of methoxy groups -OCH3 is 1. The van der Waals surface area contributed by atoms with Crippen molar-refractivity contribution in [3.63, 3.8) is 0 Å². The summed E-state index contributed by atoms with van der Waals surface area (Å²) < 4.78 is 20.8. The Hall–Kier alpha value is -3.22. The van der Waals surface area contributed by atoms with E-state index in [-0.39, 0.29) is 12.7 Å². The van der Waals surface area contributed by atoms with Crippen molar-refractivity contribution in [3.05, 3.63) is 48.0 Å². The number of nitrogens with one attached hydrogen (secondary N) is 1. The first-order valence-corrected chi connectivity index (χ1v) is 7.62. The summed E-state index contributed by atoms with van der Waals surface area (Å²) in [6.45, 7) is 1.79. The number of carbonyl (C=O) groups excluding carboxylic acids is 2. The average molecular weight is 343 g/mol. The summed E-state index contributed by atoms with van der Waals surface area (Å²) in [5.74, 6) is 0.820. The van der Waals surface area contributed by atoms with Crippen LogP contribution in [-0.4, -0.2) is 31.9 Å². The summed E-state index contributed by atoms with van der Waals surface area (Å²) in [5.41, 5.74) is 0.927. The largest absolute Gasteiger partial charge is 0.481 e. The van der Waals surface area contributed by atoms with Crippen LogP contribution in [0.15, 0.2) is 42.5 Å². The predicted molar refractivity (Wildman–Crippen MR) is 89.1 cm³/mol. The third kappa shape index (κ3) is 3.82. The molecule has 3 rings (SSSR count). The summed E-state index contributed by atoms with van der Waals surface area (Å²) in [7, 11) is 1.30. The van der Waals surface area contributed by atoms with Gasteiger partial charge in [-0.05, 0) is 37.3 Å². The highest BCUT2D eigenvalue weighted by atomic mass is 16.7. The normalized spacial score (nSPS) is 13.0. The summed E-state index contributed by atoms with van der Waals surface area (Å²) in [4.78, 5) is 23.8. The van der Waals surface area contributed by atoms with E-state index in [2.05, 4.69) is 10.1 Å². The fourth-order valence-electron chi connectivity index (χ4n) is 2.29. The zero-order valence-electron chi connectivity index (χ0n) is 13.8. The van der Waals surface area contributed by atoms with Crippen molar-refractivity contribution >= 4 is 17.6 Å². The first kappa shape index (κ1) is 16.6. The van der Waals surface area contributed by atoms with Crippen LogP contribution in [0.4, 0.5) is 5.69 Å². The molecule has 0 saturated heterocycles. The van der Waals surface area contributed by atoms with Crippen molar-refractivity contribution in [1.82, 2.24) is 0 Å². The molecule has 0 radical (unpaired) electrons. The van der Waals surface area contributed by atoms with Crippen LogP contribution in [-0.2, 0) is 9.53 Å². The molecule has 0 spiro atoms. The highest BCUT2D eigenvalue weighted by Gasteiger charge is 2.18. The number of ether oxygens (including phenoxy) is 4. The van der Waals surface area contributed by atoms with Crippen LogP contribution in [0.2, 0.25) is 0 Å². The SMILES string of the molecule is COC(=O)c1cccc(O[C@@H](C)C(=O)Nc2ccc3c(c2)OCO3)c1. The zero-order valence-corrected chi connectivity index (χ0v) is 13.8. The van der Waals surface area contributed by atoms with Crippen molar-refractivity contribution in [2.45, 2.75) is 13.0 Å². The maximum absolute atomic E-state index is 12.3. The number of fused-ring (bicyclic) bond motifs is 1. The van der Waals surface area contributed by atoms with Gasteiger partial charge in [0.05, 0.1) is 12.7 Å². The molecular formula is C18H17NO6. The molecule has 2 aromatic rings. The maximum Gasteiger partial charge on any atom is 0.337 e. The number of benzene rings is 2. The minimum Gasteiger partial charge on any atom is -0.481 e. The summed E-state index contributed by atoms with van der Waals surface area (Å²) in [5, 5.41) is 2.75. The number of carbonyl (C=O) groups is 2. The Bertz CT molecular complexity index is 804. The van der Waals surface area contributed by atoms with E-state index in [1.807, 2.05) is 0 Å². The molecule has 0 saturated carbocycles. The molecule has 1 N–H and O–H groups in total. The number of amides is 1. The van der Waals surface area contributed by atoms with Gasteiger partial charge in [0.15, 0.2) is 17.6 Å². The third-order valence-corrected chi connectivity index (χ3v) is 3.58. The molecule has 0 bridgehead atoms. The molecule has 1 amide bonds. The van der Waals surface area contributed by atoms with Crippen molar-refractivity contribution in [3.8, 4) is 17.2 Å². The summed E-state index contributed by atoms with van der Waals surface area (Å²) >= 11 is 0. The number of hydrogen-bond donors (Lipinski definition) is 1. The van der Waals surface area contributed by atoms with Gasteiger partial charge >= 0.3 is 5.97 Å². The molecule has 1 atom stereocenters. The van der Waals surface area contributed by atoms with Crippen molar-refractivity contribution in [1.29, 1.82) is 0 Å². The van der Waals surface area contributed by atoms with Gasteiger partial charge in [-0.1, -0.05) is 6.07 Å². The quantitative estimate of drug-likeness (QED) is 0.840. The van der Waals surface area contributed by atoms with Crippen LogP contribution in [0.3, 0.4) is 0 Å². The standard InChI is InChI=1S/C18H17NO6/c1-11(25-14-5-3-4-12(8-14)18(21)22-2)17(20)19-13-6-7-15-16(9-13)24-10-23-15/h3-9,11H,10H2,1-2H3,(H,19,20)/t11-/m0/s1. The van der Waals surface area contributed by atoms with Crippen LogP contribution in [0.1, 0.15) is 17.3 Å². The first-order chi connectivity index (χ1) is 12.1. The first-order valence-electron chi connectivity index (χ1n) is 7.62. The molecule has 25 heavy (non-hydrogen) atoms. The molecule has 1 aliphatic heterocycles. The van der Waals surface area contributed by atoms with Gasteiger partial charge in [-0.25, -0.2) is 4.79 Å². The molecule has 0 aromatic heterocycles. The molecule has 0 aliphatic carbocycles. The molecular weight excluding hydrogens is 326 g/mol. The van der Waals surface area contributed by atoms with Crippen molar-refractivity contribution in [2.75, 3.05) is 19.2 Å². The van der Waals surface area contributed by atoms with Gasteiger partial charge in [0.2, 0.25) is 6.79 Å². The Morgan fingerprint density at radius 3 is 2.72 bits per heavy atom. The van der Waals surface area contributed by atoms with Gasteiger partial charge in [-0.2, -0.15) is 0 Å². The molecule has 7 nitrogen and oxygen atoms in total. The lowest BCUT2D eigenvalue weighted by molar-refractivity contribution is -0.122. The van der Waals surface area contributed by atoms with E-state index in [1.54, 1.807) is 43.3 Å². The van der Waals surface area contributed by atoms with E-state index in [0.717, 1.165) is 0 Å². The zero-order chi connectivity index (χ0) is 17.8. The molecule has 1 heterocycles. The fourth-order valence-corrected chi connectivity index (χ4v) is 2.29. The van der Waals surface area contributed by atoms with Crippen molar-refractivity contribution in [2.24, 2.45) is 0 Å². The van der Waals surface area contributed by atoms with Crippen molar-refractivity contribution < 1.29 is 28.5 Å². The molecule has 7 heteroatoms. The highest BCUT2D eigenvalue weighted by molar-refractivity contribution is 5.94. The van der Waals surface area contributed by atoms with E-state index in [0.29, 0.717) is 28.5 Å². The van der Waals surface area contributed by atoms with Gasteiger partial charge in [0.1, 0.15) is 5.75 Å². The lowest BCUT2D eigenvalue weighted by Gasteiger charge is -2.15. The second-order valence-electron chi connectivity index (χ2n) is 5.34. The smallest absolute Gasteiger partial charge is 0.337 e. The topological polar surface area (TPSA) is 83.1 Å². The third-order valence-electron chi connectivity index (χ3n) is 3.58. The Morgan fingerprint density at radius 2 is 1.92 bits per heavy atom. The minimum absolute atomic E-state index is 0.169. The fraction of sp³-hybridized carbons (Fsp3) is 0.222. The predicted octanol–water partition coefficient (Wildman–Crippen LogP) is 2.61. The monoisotopic (exact) mass is 343 g/mol. The summed E-state index contributed by atoms with van der Waals surface area (Å²) in [6.07, 6.45) is -0.765. The van der Waals surface area contributed by atoms with E-state index < -0.39 is 12.1 Å². The number of esters is 1. The van der Waals surface area contributed by atoms with Gasteiger partial charge in [0.25, 0.3) is 5.91 Å². The number of rotatable bonds is 5. The van der Waals surface area contributed by atoms with Gasteiger partial charge in [-0.15, -0.1) is 0 Å². The van der Waals surface area contributed by atoms with Crippen LogP contribution in [0.25, 0.3) is 0 Å². The second-order valence-corrected chi connectivity index (χ2v) is 5.34. The second kappa shape index (κ2) is 7.12. The molecule has 130 valence electrons. The molecule has 1 aliphatic rings. The van der Waals surface area contributed by atoms with Crippen LogP contribution in [0, 0.1) is 0 Å². The van der Waals surface area contributed by atoms with E-state index >= 15 is 0 Å². The van der Waals surface area contributed by atoms with Crippen LogP contribution in [0.5, 0.6) is 17.2 Å². The lowest BCUT2D eigenvalue weighted by Crippen LogP contribution is -2.30. The number of hydrogen-bond acceptors (Lipinski definition) is 6. The maximum atomic E-state index is 12.3. The highest BCUT2D eigenvalue weighted by Crippen LogP contribution is 2.34. The number of anilines is 1. The average Bonchev–Trinajstić information content (AvgIpc) is 3.09. The Balaban J connectivity index is 1.64. The van der Waals surface area contributed by atoms with Gasteiger partial charge < -0.3 is 24.3 Å². The van der Waals surface area contributed by atoms with Crippen LogP contribution >= 0.6 is 0 Å². The Morgan fingerprint density at radius 1 is 1.12 bits per heavy atom. The molecule has 2 aromatic carbocycles. The lowest BCUT2D eigenvalue weighted by atomic mass is 10.2.